The normalized spacial score (nSPS) is 10.6. The SMILES string of the molecule is Cc1ccc(CNCc2ncccc2C)cc1C. The largest absolute Gasteiger partial charge is 0.307 e. The van der Waals surface area contributed by atoms with E-state index in [1.165, 1.54) is 22.3 Å². The third-order valence-corrected chi connectivity index (χ3v) is 3.31. The van der Waals surface area contributed by atoms with Gasteiger partial charge in [0.05, 0.1) is 5.69 Å². The number of hydrogen-bond acceptors (Lipinski definition) is 2. The maximum atomic E-state index is 4.38. The molecule has 0 aliphatic rings. The van der Waals surface area contributed by atoms with Crippen molar-refractivity contribution in [3.05, 3.63) is 64.5 Å². The summed E-state index contributed by atoms with van der Waals surface area (Å²) in [6.45, 7) is 8.10. The van der Waals surface area contributed by atoms with Crippen LogP contribution in [0.1, 0.15) is 27.9 Å². The standard InChI is InChI=1S/C16H20N2/c1-12-6-7-15(9-14(12)3)10-17-11-16-13(2)5-4-8-18-16/h4-9,17H,10-11H2,1-3H3. The first kappa shape index (κ1) is 12.8. The van der Waals surface area contributed by atoms with E-state index in [2.05, 4.69) is 55.3 Å². The highest BCUT2D eigenvalue weighted by molar-refractivity contribution is 5.29. The molecule has 1 aromatic carbocycles. The second-order valence-electron chi connectivity index (χ2n) is 4.79. The first-order valence-corrected chi connectivity index (χ1v) is 6.34. The predicted octanol–water partition coefficient (Wildman–Crippen LogP) is 3.30. The Balaban J connectivity index is 1.92. The Morgan fingerprint density at radius 1 is 0.944 bits per heavy atom. The quantitative estimate of drug-likeness (QED) is 0.887. The van der Waals surface area contributed by atoms with Crippen molar-refractivity contribution in [1.29, 1.82) is 0 Å². The summed E-state index contributed by atoms with van der Waals surface area (Å²) in [7, 11) is 0. The molecule has 2 aromatic rings. The van der Waals surface area contributed by atoms with Crippen LogP contribution < -0.4 is 5.32 Å². The first-order chi connectivity index (χ1) is 8.66. The van der Waals surface area contributed by atoms with Crippen molar-refractivity contribution in [2.75, 3.05) is 0 Å². The van der Waals surface area contributed by atoms with Gasteiger partial charge in [-0.1, -0.05) is 24.3 Å². The van der Waals surface area contributed by atoms with Crippen LogP contribution in [0.25, 0.3) is 0 Å². The van der Waals surface area contributed by atoms with Crippen LogP contribution in [-0.2, 0) is 13.1 Å². The highest BCUT2D eigenvalue weighted by Gasteiger charge is 1.99. The molecule has 2 heteroatoms. The molecule has 0 saturated carbocycles. The Morgan fingerprint density at radius 2 is 1.78 bits per heavy atom. The van der Waals surface area contributed by atoms with Gasteiger partial charge in [0.15, 0.2) is 0 Å². The van der Waals surface area contributed by atoms with Crippen LogP contribution in [0.15, 0.2) is 36.5 Å². The van der Waals surface area contributed by atoms with Crippen molar-refractivity contribution in [2.24, 2.45) is 0 Å². The lowest BCUT2D eigenvalue weighted by atomic mass is 10.1. The van der Waals surface area contributed by atoms with E-state index in [1.54, 1.807) is 0 Å². The third kappa shape index (κ3) is 3.17. The molecule has 2 rings (SSSR count). The van der Waals surface area contributed by atoms with E-state index >= 15 is 0 Å². The maximum absolute atomic E-state index is 4.38. The fraction of sp³-hybridized carbons (Fsp3) is 0.312. The predicted molar refractivity (Wildman–Crippen MR) is 75.4 cm³/mol. The van der Waals surface area contributed by atoms with Crippen molar-refractivity contribution in [3.8, 4) is 0 Å². The molecule has 0 unspecified atom stereocenters. The summed E-state index contributed by atoms with van der Waals surface area (Å²) in [5, 5.41) is 3.44. The average Bonchev–Trinajstić information content (AvgIpc) is 2.36. The van der Waals surface area contributed by atoms with Gasteiger partial charge in [0, 0.05) is 19.3 Å². The molecular weight excluding hydrogens is 220 g/mol. The van der Waals surface area contributed by atoms with E-state index in [4.69, 9.17) is 0 Å². The average molecular weight is 240 g/mol. The highest BCUT2D eigenvalue weighted by Crippen LogP contribution is 2.10. The van der Waals surface area contributed by atoms with E-state index in [1.807, 2.05) is 12.3 Å². The summed E-state index contributed by atoms with van der Waals surface area (Å²) in [5.74, 6) is 0. The van der Waals surface area contributed by atoms with Crippen LogP contribution in [0.4, 0.5) is 0 Å². The molecule has 94 valence electrons. The Kier molecular flexibility index (Phi) is 4.11. The van der Waals surface area contributed by atoms with Crippen molar-refractivity contribution in [2.45, 2.75) is 33.9 Å². The molecule has 1 heterocycles. The topological polar surface area (TPSA) is 24.9 Å². The van der Waals surface area contributed by atoms with Gasteiger partial charge in [-0.15, -0.1) is 0 Å². The summed E-state index contributed by atoms with van der Waals surface area (Å²) in [6, 6.07) is 10.7. The molecule has 0 aliphatic carbocycles. The Bertz CT molecular complexity index is 532. The summed E-state index contributed by atoms with van der Waals surface area (Å²) in [5.41, 5.74) is 6.39. The van der Waals surface area contributed by atoms with Gasteiger partial charge >= 0.3 is 0 Å². The number of pyridine rings is 1. The molecule has 1 aromatic heterocycles. The molecule has 2 nitrogen and oxygen atoms in total. The Morgan fingerprint density at radius 3 is 2.50 bits per heavy atom. The third-order valence-electron chi connectivity index (χ3n) is 3.31. The van der Waals surface area contributed by atoms with Crippen molar-refractivity contribution in [1.82, 2.24) is 10.3 Å². The minimum atomic E-state index is 0.819. The minimum absolute atomic E-state index is 0.819. The number of nitrogens with zero attached hydrogens (tertiary/aromatic N) is 1. The van der Waals surface area contributed by atoms with Gasteiger partial charge in [0.1, 0.15) is 0 Å². The van der Waals surface area contributed by atoms with E-state index in [0.29, 0.717) is 0 Å². The fourth-order valence-electron chi connectivity index (χ4n) is 1.94. The van der Waals surface area contributed by atoms with Crippen molar-refractivity contribution < 1.29 is 0 Å². The van der Waals surface area contributed by atoms with Gasteiger partial charge in [-0.05, 0) is 49.1 Å². The Hall–Kier alpha value is -1.67. The van der Waals surface area contributed by atoms with Gasteiger partial charge in [-0.2, -0.15) is 0 Å². The van der Waals surface area contributed by atoms with Crippen LogP contribution in [0, 0.1) is 20.8 Å². The molecule has 0 atom stereocenters. The molecular formula is C16H20N2. The van der Waals surface area contributed by atoms with Crippen LogP contribution in [0.3, 0.4) is 0 Å². The monoisotopic (exact) mass is 240 g/mol. The number of aryl methyl sites for hydroxylation is 3. The van der Waals surface area contributed by atoms with Crippen LogP contribution >= 0.6 is 0 Å². The summed E-state index contributed by atoms with van der Waals surface area (Å²) in [6.07, 6.45) is 1.85. The smallest absolute Gasteiger partial charge is 0.0570 e. The molecule has 0 aliphatic heterocycles. The number of benzene rings is 1. The van der Waals surface area contributed by atoms with Crippen molar-refractivity contribution in [3.63, 3.8) is 0 Å². The minimum Gasteiger partial charge on any atom is -0.307 e. The number of hydrogen-bond donors (Lipinski definition) is 1. The van der Waals surface area contributed by atoms with Crippen molar-refractivity contribution >= 4 is 0 Å². The van der Waals surface area contributed by atoms with Gasteiger partial charge in [0.2, 0.25) is 0 Å². The summed E-state index contributed by atoms with van der Waals surface area (Å²) >= 11 is 0. The van der Waals surface area contributed by atoms with E-state index in [-0.39, 0.29) is 0 Å². The van der Waals surface area contributed by atoms with E-state index in [0.717, 1.165) is 18.8 Å². The highest BCUT2D eigenvalue weighted by atomic mass is 14.9. The van der Waals surface area contributed by atoms with Gasteiger partial charge in [0.25, 0.3) is 0 Å². The molecule has 0 fully saturated rings. The summed E-state index contributed by atoms with van der Waals surface area (Å²) < 4.78 is 0. The first-order valence-electron chi connectivity index (χ1n) is 6.34. The number of nitrogens with one attached hydrogen (secondary N) is 1. The molecule has 0 radical (unpaired) electrons. The van der Waals surface area contributed by atoms with Gasteiger partial charge in [-0.25, -0.2) is 0 Å². The van der Waals surface area contributed by atoms with Crippen LogP contribution in [0.5, 0.6) is 0 Å². The lowest BCUT2D eigenvalue weighted by Crippen LogP contribution is -2.14. The molecule has 0 saturated heterocycles. The van der Waals surface area contributed by atoms with E-state index < -0.39 is 0 Å². The molecule has 18 heavy (non-hydrogen) atoms. The van der Waals surface area contributed by atoms with Crippen LogP contribution in [-0.4, -0.2) is 4.98 Å². The molecule has 1 N–H and O–H groups in total. The van der Waals surface area contributed by atoms with Crippen LogP contribution in [0.2, 0.25) is 0 Å². The fourth-order valence-corrected chi connectivity index (χ4v) is 1.94. The maximum Gasteiger partial charge on any atom is 0.0570 e. The molecule has 0 amide bonds. The number of rotatable bonds is 4. The van der Waals surface area contributed by atoms with Gasteiger partial charge < -0.3 is 5.32 Å². The van der Waals surface area contributed by atoms with E-state index in [9.17, 15) is 0 Å². The van der Waals surface area contributed by atoms with Gasteiger partial charge in [-0.3, -0.25) is 4.98 Å². The summed E-state index contributed by atoms with van der Waals surface area (Å²) in [4.78, 5) is 4.38. The Labute approximate surface area is 109 Å². The number of aromatic nitrogens is 1. The zero-order valence-electron chi connectivity index (χ0n) is 11.3. The molecule has 0 bridgehead atoms. The lowest BCUT2D eigenvalue weighted by Gasteiger charge is -2.08. The zero-order chi connectivity index (χ0) is 13.0. The zero-order valence-corrected chi connectivity index (χ0v) is 11.3. The molecule has 0 spiro atoms. The second kappa shape index (κ2) is 5.78. The second-order valence-corrected chi connectivity index (χ2v) is 4.79. The lowest BCUT2D eigenvalue weighted by molar-refractivity contribution is 0.676.